The van der Waals surface area contributed by atoms with Gasteiger partial charge in [0.2, 0.25) is 0 Å². The predicted octanol–water partition coefficient (Wildman–Crippen LogP) is 3.69. The average Bonchev–Trinajstić information content (AvgIpc) is 2.26. The Morgan fingerprint density at radius 2 is 2.06 bits per heavy atom. The second-order valence-electron chi connectivity index (χ2n) is 3.70. The highest BCUT2D eigenvalue weighted by molar-refractivity contribution is 5.32. The Morgan fingerprint density at radius 3 is 2.61 bits per heavy atom. The molecule has 0 aliphatic rings. The minimum Gasteiger partial charge on any atom is -0.406 e. The smallest absolute Gasteiger partial charge is 0.406 e. The number of rotatable bonds is 5. The van der Waals surface area contributed by atoms with Crippen LogP contribution in [-0.4, -0.2) is 6.36 Å². The molecule has 0 aromatic heterocycles. The summed E-state index contributed by atoms with van der Waals surface area (Å²) < 4.78 is 53.2. The Balaban J connectivity index is 2.90. The minimum absolute atomic E-state index is 0.00130. The van der Waals surface area contributed by atoms with Crippen molar-refractivity contribution in [1.82, 2.24) is 0 Å². The molecule has 0 fully saturated rings. The second kappa shape index (κ2) is 5.86. The molecule has 1 rings (SSSR count). The zero-order chi connectivity index (χ0) is 13.8. The summed E-state index contributed by atoms with van der Waals surface area (Å²) in [6.07, 6.45) is -2.25. The topological polar surface area (TPSA) is 35.2 Å². The molecular weight excluding hydrogens is 250 g/mol. The van der Waals surface area contributed by atoms with E-state index in [1.807, 2.05) is 0 Å². The molecule has 0 spiro atoms. The molecule has 0 radical (unpaired) electrons. The maximum Gasteiger partial charge on any atom is 0.573 e. The van der Waals surface area contributed by atoms with E-state index in [2.05, 4.69) is 11.3 Å². The first-order valence-electron chi connectivity index (χ1n) is 5.25. The molecule has 100 valence electrons. The van der Waals surface area contributed by atoms with E-state index in [0.717, 1.165) is 18.2 Å². The molecule has 0 saturated carbocycles. The van der Waals surface area contributed by atoms with E-state index in [1.54, 1.807) is 6.08 Å². The molecule has 2 N–H and O–H groups in total. The van der Waals surface area contributed by atoms with Crippen molar-refractivity contribution in [2.45, 2.75) is 25.2 Å². The van der Waals surface area contributed by atoms with Crippen LogP contribution in [0.2, 0.25) is 0 Å². The van der Waals surface area contributed by atoms with E-state index >= 15 is 0 Å². The third kappa shape index (κ3) is 4.37. The summed E-state index contributed by atoms with van der Waals surface area (Å²) in [5, 5.41) is 0. The molecule has 0 unspecified atom stereocenters. The normalized spacial score (nSPS) is 13.2. The fraction of sp³-hybridized carbons (Fsp3) is 0.333. The standard InChI is InChI=1S/C12H13F4NO/c1-2-3-4-11(17)9-7-8(5-6-10(9)13)18-12(14,15)16/h2,5-7,11H,1,3-4,17H2/t11-/m0/s1. The average molecular weight is 263 g/mol. The molecule has 1 atom stereocenters. The second-order valence-corrected chi connectivity index (χ2v) is 3.70. The zero-order valence-corrected chi connectivity index (χ0v) is 9.51. The van der Waals surface area contributed by atoms with Gasteiger partial charge in [-0.15, -0.1) is 19.8 Å². The van der Waals surface area contributed by atoms with E-state index < -0.39 is 24.0 Å². The van der Waals surface area contributed by atoms with Crippen molar-refractivity contribution >= 4 is 0 Å². The van der Waals surface area contributed by atoms with Crippen LogP contribution < -0.4 is 10.5 Å². The van der Waals surface area contributed by atoms with E-state index in [1.165, 1.54) is 0 Å². The van der Waals surface area contributed by atoms with Crippen molar-refractivity contribution in [2.24, 2.45) is 5.73 Å². The highest BCUT2D eigenvalue weighted by Crippen LogP contribution is 2.28. The lowest BCUT2D eigenvalue weighted by Crippen LogP contribution is -2.18. The Hall–Kier alpha value is -1.56. The summed E-state index contributed by atoms with van der Waals surface area (Å²) in [4.78, 5) is 0. The first-order valence-corrected chi connectivity index (χ1v) is 5.25. The zero-order valence-electron chi connectivity index (χ0n) is 9.51. The molecule has 0 bridgehead atoms. The van der Waals surface area contributed by atoms with Crippen LogP contribution in [-0.2, 0) is 0 Å². The van der Waals surface area contributed by atoms with Gasteiger partial charge in [0.1, 0.15) is 11.6 Å². The maximum absolute atomic E-state index is 13.4. The number of ether oxygens (including phenoxy) is 1. The van der Waals surface area contributed by atoms with Gasteiger partial charge in [-0.1, -0.05) is 6.08 Å². The summed E-state index contributed by atoms with van der Waals surface area (Å²) >= 11 is 0. The molecule has 6 heteroatoms. The molecular formula is C12H13F4NO. The fourth-order valence-electron chi connectivity index (χ4n) is 1.46. The van der Waals surface area contributed by atoms with E-state index in [4.69, 9.17) is 5.73 Å². The maximum atomic E-state index is 13.4. The number of hydrogen-bond donors (Lipinski definition) is 1. The quantitative estimate of drug-likeness (QED) is 0.649. The van der Waals surface area contributed by atoms with Gasteiger partial charge in [0.05, 0.1) is 0 Å². The first-order chi connectivity index (χ1) is 8.33. The number of nitrogens with two attached hydrogens (primary N) is 1. The highest BCUT2D eigenvalue weighted by Gasteiger charge is 2.31. The number of halogens is 4. The molecule has 1 aromatic rings. The molecule has 0 amide bonds. The van der Waals surface area contributed by atoms with Crippen LogP contribution in [0.5, 0.6) is 5.75 Å². The Labute approximate surface area is 102 Å². The lowest BCUT2D eigenvalue weighted by atomic mass is 10.0. The van der Waals surface area contributed by atoms with Crippen LogP contribution in [0.25, 0.3) is 0 Å². The number of hydrogen-bond acceptors (Lipinski definition) is 2. The van der Waals surface area contributed by atoms with Crippen LogP contribution in [0.1, 0.15) is 24.4 Å². The van der Waals surface area contributed by atoms with Crippen LogP contribution >= 0.6 is 0 Å². The van der Waals surface area contributed by atoms with Crippen molar-refractivity contribution < 1.29 is 22.3 Å². The molecule has 18 heavy (non-hydrogen) atoms. The Morgan fingerprint density at radius 1 is 1.39 bits per heavy atom. The molecule has 2 nitrogen and oxygen atoms in total. The van der Waals surface area contributed by atoms with Gasteiger partial charge in [0.25, 0.3) is 0 Å². The molecule has 1 aromatic carbocycles. The third-order valence-corrected chi connectivity index (χ3v) is 2.28. The van der Waals surface area contributed by atoms with Crippen molar-refractivity contribution in [2.75, 3.05) is 0 Å². The van der Waals surface area contributed by atoms with Gasteiger partial charge in [0.15, 0.2) is 0 Å². The van der Waals surface area contributed by atoms with Crippen LogP contribution in [0.15, 0.2) is 30.9 Å². The number of alkyl halides is 3. The van der Waals surface area contributed by atoms with Crippen molar-refractivity contribution in [3.05, 3.63) is 42.2 Å². The largest absolute Gasteiger partial charge is 0.573 e. The van der Waals surface area contributed by atoms with Gasteiger partial charge in [-0.05, 0) is 31.0 Å². The van der Waals surface area contributed by atoms with Gasteiger partial charge >= 0.3 is 6.36 Å². The van der Waals surface area contributed by atoms with Crippen LogP contribution in [0, 0.1) is 5.82 Å². The van der Waals surface area contributed by atoms with E-state index in [9.17, 15) is 17.6 Å². The number of benzene rings is 1. The van der Waals surface area contributed by atoms with Crippen molar-refractivity contribution in [3.8, 4) is 5.75 Å². The van der Waals surface area contributed by atoms with Gasteiger partial charge in [-0.2, -0.15) is 0 Å². The SMILES string of the molecule is C=CCC[C@H](N)c1cc(OC(F)(F)F)ccc1F. The van der Waals surface area contributed by atoms with Gasteiger partial charge in [0, 0.05) is 11.6 Å². The predicted molar refractivity (Wildman–Crippen MR) is 59.4 cm³/mol. The molecule has 0 aliphatic heterocycles. The Bertz CT molecular complexity index is 417. The fourth-order valence-corrected chi connectivity index (χ4v) is 1.46. The lowest BCUT2D eigenvalue weighted by Gasteiger charge is -2.14. The van der Waals surface area contributed by atoms with E-state index in [0.29, 0.717) is 12.8 Å². The summed E-state index contributed by atoms with van der Waals surface area (Å²) in [5.41, 5.74) is 5.69. The molecule has 0 aliphatic carbocycles. The first kappa shape index (κ1) is 14.5. The number of allylic oxidation sites excluding steroid dienone is 1. The highest BCUT2D eigenvalue weighted by atomic mass is 19.4. The Kier molecular flexibility index (Phi) is 4.72. The monoisotopic (exact) mass is 263 g/mol. The molecule has 0 heterocycles. The van der Waals surface area contributed by atoms with Gasteiger partial charge in [-0.25, -0.2) is 4.39 Å². The van der Waals surface area contributed by atoms with Crippen LogP contribution in [0.4, 0.5) is 17.6 Å². The van der Waals surface area contributed by atoms with E-state index in [-0.39, 0.29) is 5.56 Å². The van der Waals surface area contributed by atoms with Gasteiger partial charge < -0.3 is 10.5 Å². The third-order valence-electron chi connectivity index (χ3n) is 2.28. The van der Waals surface area contributed by atoms with Crippen molar-refractivity contribution in [3.63, 3.8) is 0 Å². The summed E-state index contributed by atoms with van der Waals surface area (Å²) in [7, 11) is 0. The van der Waals surface area contributed by atoms with Crippen LogP contribution in [0.3, 0.4) is 0 Å². The lowest BCUT2D eigenvalue weighted by molar-refractivity contribution is -0.274. The summed E-state index contributed by atoms with van der Waals surface area (Å²) in [5.74, 6) is -1.13. The summed E-state index contributed by atoms with van der Waals surface area (Å²) in [6, 6.07) is 2.09. The minimum atomic E-state index is -4.81. The van der Waals surface area contributed by atoms with Gasteiger partial charge in [-0.3, -0.25) is 0 Å². The molecule has 0 saturated heterocycles. The summed E-state index contributed by atoms with van der Waals surface area (Å²) in [6.45, 7) is 3.49. The van der Waals surface area contributed by atoms with Crippen molar-refractivity contribution in [1.29, 1.82) is 0 Å².